The van der Waals surface area contributed by atoms with Gasteiger partial charge in [-0.05, 0) is 24.5 Å². The lowest BCUT2D eigenvalue weighted by Crippen LogP contribution is -1.99. The lowest BCUT2D eigenvalue weighted by atomic mass is 10.1. The molecule has 0 bridgehead atoms. The molecule has 0 unspecified atom stereocenters. The Kier molecular flexibility index (Phi) is 4.28. The largest absolute Gasteiger partial charge is 0.504 e. The van der Waals surface area contributed by atoms with Gasteiger partial charge in [0.1, 0.15) is 0 Å². The van der Waals surface area contributed by atoms with Crippen LogP contribution in [0.15, 0.2) is 12.1 Å². The van der Waals surface area contributed by atoms with Crippen LogP contribution in [0.4, 0.5) is 0 Å². The van der Waals surface area contributed by atoms with Crippen LogP contribution in [0.1, 0.15) is 32.3 Å². The third-order valence-corrected chi connectivity index (χ3v) is 2.16. The molecule has 15 heavy (non-hydrogen) atoms. The van der Waals surface area contributed by atoms with E-state index in [-0.39, 0.29) is 11.5 Å². The van der Waals surface area contributed by atoms with Gasteiger partial charge >= 0.3 is 0 Å². The summed E-state index contributed by atoms with van der Waals surface area (Å²) < 4.78 is 5.44. The average Bonchev–Trinajstić information content (AvgIpc) is 2.23. The Balaban J connectivity index is 2.99. The van der Waals surface area contributed by atoms with E-state index in [1.54, 1.807) is 6.07 Å². The Morgan fingerprint density at radius 2 is 1.87 bits per heavy atom. The molecule has 0 aliphatic heterocycles. The second-order valence-electron chi connectivity index (χ2n) is 3.52. The molecule has 0 saturated heterocycles. The SMILES string of the molecule is CCCOc1c(CCC)ccc(O)c1O. The van der Waals surface area contributed by atoms with Crippen molar-refractivity contribution < 1.29 is 14.9 Å². The number of aromatic hydroxyl groups is 2. The summed E-state index contributed by atoms with van der Waals surface area (Å²) in [5.74, 6) is 0.161. The minimum absolute atomic E-state index is 0.124. The first-order valence-corrected chi connectivity index (χ1v) is 5.37. The third kappa shape index (κ3) is 2.78. The molecular weight excluding hydrogens is 192 g/mol. The summed E-state index contributed by atoms with van der Waals surface area (Å²) in [5.41, 5.74) is 0.946. The number of ether oxygens (including phenoxy) is 1. The molecule has 0 fully saturated rings. The standard InChI is InChI=1S/C12H18O3/c1-3-5-9-6-7-10(13)11(14)12(9)15-8-4-2/h6-7,13-14H,3-5,8H2,1-2H3. The Hall–Kier alpha value is -1.38. The van der Waals surface area contributed by atoms with Gasteiger partial charge in [0.15, 0.2) is 11.5 Å². The number of benzene rings is 1. The molecular formula is C12H18O3. The van der Waals surface area contributed by atoms with Crippen LogP contribution in [0.3, 0.4) is 0 Å². The number of phenols is 2. The van der Waals surface area contributed by atoms with Crippen LogP contribution in [0.25, 0.3) is 0 Å². The van der Waals surface area contributed by atoms with Gasteiger partial charge in [-0.3, -0.25) is 0 Å². The van der Waals surface area contributed by atoms with Crippen LogP contribution in [-0.2, 0) is 6.42 Å². The van der Waals surface area contributed by atoms with Gasteiger partial charge in [-0.25, -0.2) is 0 Å². The van der Waals surface area contributed by atoms with Gasteiger partial charge in [0.2, 0.25) is 5.75 Å². The molecule has 0 saturated carbocycles. The smallest absolute Gasteiger partial charge is 0.200 e. The molecule has 0 heterocycles. The number of hydrogen-bond donors (Lipinski definition) is 2. The van der Waals surface area contributed by atoms with Crippen molar-refractivity contribution in [3.05, 3.63) is 17.7 Å². The highest BCUT2D eigenvalue weighted by Crippen LogP contribution is 2.38. The highest BCUT2D eigenvalue weighted by molar-refractivity contribution is 5.54. The zero-order valence-corrected chi connectivity index (χ0v) is 9.29. The highest BCUT2D eigenvalue weighted by Gasteiger charge is 2.12. The molecule has 3 nitrogen and oxygen atoms in total. The molecule has 0 aromatic heterocycles. The van der Waals surface area contributed by atoms with Crippen molar-refractivity contribution in [3.63, 3.8) is 0 Å². The monoisotopic (exact) mass is 210 g/mol. The summed E-state index contributed by atoms with van der Waals surface area (Å²) in [7, 11) is 0. The fourth-order valence-electron chi connectivity index (χ4n) is 1.43. The number of hydrogen-bond acceptors (Lipinski definition) is 3. The normalized spacial score (nSPS) is 10.3. The summed E-state index contributed by atoms with van der Waals surface area (Å²) in [6, 6.07) is 3.29. The van der Waals surface area contributed by atoms with Gasteiger partial charge in [-0.1, -0.05) is 26.3 Å². The summed E-state index contributed by atoms with van der Waals surface area (Å²) in [6.45, 7) is 4.61. The molecule has 0 spiro atoms. The van der Waals surface area contributed by atoms with E-state index in [0.717, 1.165) is 24.8 Å². The molecule has 1 rings (SSSR count). The second-order valence-corrected chi connectivity index (χ2v) is 3.52. The van der Waals surface area contributed by atoms with Gasteiger partial charge in [-0.2, -0.15) is 0 Å². The number of rotatable bonds is 5. The van der Waals surface area contributed by atoms with E-state index in [1.165, 1.54) is 6.07 Å². The van der Waals surface area contributed by atoms with Crippen molar-refractivity contribution in [2.24, 2.45) is 0 Å². The van der Waals surface area contributed by atoms with Crippen LogP contribution in [0.5, 0.6) is 17.2 Å². The zero-order valence-electron chi connectivity index (χ0n) is 9.29. The Labute approximate surface area is 90.3 Å². The summed E-state index contributed by atoms with van der Waals surface area (Å²) in [6.07, 6.45) is 2.69. The van der Waals surface area contributed by atoms with E-state index >= 15 is 0 Å². The number of phenolic OH excluding ortho intramolecular Hbond substituents is 2. The third-order valence-electron chi connectivity index (χ3n) is 2.16. The fraction of sp³-hybridized carbons (Fsp3) is 0.500. The average molecular weight is 210 g/mol. The van der Waals surface area contributed by atoms with Crippen LogP contribution in [0.2, 0.25) is 0 Å². The zero-order chi connectivity index (χ0) is 11.3. The predicted octanol–water partition coefficient (Wildman–Crippen LogP) is 2.84. The van der Waals surface area contributed by atoms with Crippen molar-refractivity contribution >= 4 is 0 Å². The van der Waals surface area contributed by atoms with Gasteiger partial charge in [0, 0.05) is 0 Å². The predicted molar refractivity (Wildman–Crippen MR) is 59.6 cm³/mol. The minimum Gasteiger partial charge on any atom is -0.504 e. The first-order valence-electron chi connectivity index (χ1n) is 5.37. The van der Waals surface area contributed by atoms with Crippen molar-refractivity contribution in [1.82, 2.24) is 0 Å². The first kappa shape index (κ1) is 11.7. The van der Waals surface area contributed by atoms with Crippen LogP contribution >= 0.6 is 0 Å². The molecule has 0 radical (unpaired) electrons. The van der Waals surface area contributed by atoms with E-state index in [1.807, 2.05) is 6.92 Å². The van der Waals surface area contributed by atoms with Gasteiger partial charge in [-0.15, -0.1) is 0 Å². The molecule has 1 aromatic rings. The van der Waals surface area contributed by atoms with Crippen LogP contribution in [0, 0.1) is 0 Å². The topological polar surface area (TPSA) is 49.7 Å². The maximum atomic E-state index is 9.66. The molecule has 0 atom stereocenters. The second kappa shape index (κ2) is 5.49. The Morgan fingerprint density at radius 3 is 2.47 bits per heavy atom. The molecule has 0 aliphatic rings. The maximum Gasteiger partial charge on any atom is 0.200 e. The fourth-order valence-corrected chi connectivity index (χ4v) is 1.43. The summed E-state index contributed by atoms with van der Waals surface area (Å²) >= 11 is 0. The molecule has 2 N–H and O–H groups in total. The van der Waals surface area contributed by atoms with E-state index in [0.29, 0.717) is 12.4 Å². The lowest BCUT2D eigenvalue weighted by Gasteiger charge is -2.12. The van der Waals surface area contributed by atoms with Gasteiger partial charge in [0.05, 0.1) is 6.61 Å². The Bertz CT molecular complexity index is 321. The highest BCUT2D eigenvalue weighted by atomic mass is 16.5. The summed E-state index contributed by atoms with van der Waals surface area (Å²) in [4.78, 5) is 0. The van der Waals surface area contributed by atoms with Crippen molar-refractivity contribution in [2.45, 2.75) is 33.1 Å². The molecule has 0 aliphatic carbocycles. The van der Waals surface area contributed by atoms with Crippen molar-refractivity contribution in [2.75, 3.05) is 6.61 Å². The van der Waals surface area contributed by atoms with Gasteiger partial charge in [0.25, 0.3) is 0 Å². The quantitative estimate of drug-likeness (QED) is 0.735. The van der Waals surface area contributed by atoms with Gasteiger partial charge < -0.3 is 14.9 Å². The van der Waals surface area contributed by atoms with E-state index < -0.39 is 0 Å². The molecule has 3 heteroatoms. The van der Waals surface area contributed by atoms with Crippen LogP contribution < -0.4 is 4.74 Å². The molecule has 84 valence electrons. The minimum atomic E-state index is -0.144. The molecule has 1 aromatic carbocycles. The van der Waals surface area contributed by atoms with Crippen molar-refractivity contribution in [3.8, 4) is 17.2 Å². The Morgan fingerprint density at radius 1 is 1.13 bits per heavy atom. The van der Waals surface area contributed by atoms with Crippen LogP contribution in [-0.4, -0.2) is 16.8 Å². The first-order chi connectivity index (χ1) is 7.20. The molecule has 0 amide bonds. The van der Waals surface area contributed by atoms with Crippen molar-refractivity contribution in [1.29, 1.82) is 0 Å². The van der Waals surface area contributed by atoms with E-state index in [4.69, 9.17) is 4.74 Å². The van der Waals surface area contributed by atoms with E-state index in [2.05, 4.69) is 6.92 Å². The summed E-state index contributed by atoms with van der Waals surface area (Å²) in [5, 5.41) is 19.0. The number of aryl methyl sites for hydroxylation is 1. The lowest BCUT2D eigenvalue weighted by molar-refractivity contribution is 0.289. The maximum absolute atomic E-state index is 9.66. The van der Waals surface area contributed by atoms with E-state index in [9.17, 15) is 10.2 Å².